The zero-order chi connectivity index (χ0) is 15.1. The molecule has 2 rings (SSSR count). The average Bonchev–Trinajstić information content (AvgIpc) is 2.93. The first kappa shape index (κ1) is 14.8. The van der Waals surface area contributed by atoms with Crippen molar-refractivity contribution in [2.24, 2.45) is 0 Å². The number of carbonyl (C=O) groups excluding carboxylic acids is 1. The monoisotopic (exact) mass is 289 g/mol. The lowest BCUT2D eigenvalue weighted by molar-refractivity contribution is -0.280. The quantitative estimate of drug-likeness (QED) is 0.479. The van der Waals surface area contributed by atoms with Crippen molar-refractivity contribution in [1.29, 1.82) is 0 Å². The number of hydroxylamine groups is 2. The molecular weight excluding hydrogens is 274 g/mol. The number of aromatic nitrogens is 2. The summed E-state index contributed by atoms with van der Waals surface area (Å²) in [6, 6.07) is 7.23. The summed E-state index contributed by atoms with van der Waals surface area (Å²) in [6.07, 6.45) is 7.70. The van der Waals surface area contributed by atoms with E-state index in [9.17, 15) is 4.79 Å². The van der Waals surface area contributed by atoms with Crippen molar-refractivity contribution in [1.82, 2.24) is 14.8 Å². The molecule has 0 atom stereocenters. The van der Waals surface area contributed by atoms with Crippen LogP contribution >= 0.6 is 0 Å². The summed E-state index contributed by atoms with van der Waals surface area (Å²) in [4.78, 5) is 15.0. The lowest BCUT2D eigenvalue weighted by atomic mass is 10.3. The molecule has 0 saturated heterocycles. The number of carbonyl (C=O) groups is 1. The Morgan fingerprint density at radius 3 is 2.95 bits per heavy atom. The molecule has 0 aromatic carbocycles. The Balaban J connectivity index is 1.90. The normalized spacial score (nSPS) is 10.8. The Kier molecular flexibility index (Phi) is 5.08. The van der Waals surface area contributed by atoms with Crippen molar-refractivity contribution in [3.8, 4) is 5.75 Å². The van der Waals surface area contributed by atoms with Crippen LogP contribution in [0.1, 0.15) is 5.69 Å². The van der Waals surface area contributed by atoms with Gasteiger partial charge in [-0.15, -0.1) is 0 Å². The first-order chi connectivity index (χ1) is 10.2. The van der Waals surface area contributed by atoms with Gasteiger partial charge < -0.3 is 9.30 Å². The number of nitrogens with zero attached hydrogens (tertiary/aromatic N) is 3. The molecule has 0 aliphatic carbocycles. The maximum absolute atomic E-state index is 11.0. The van der Waals surface area contributed by atoms with E-state index in [4.69, 9.17) is 15.2 Å². The number of pyridine rings is 1. The first-order valence-corrected chi connectivity index (χ1v) is 6.25. The van der Waals surface area contributed by atoms with Gasteiger partial charge in [-0.1, -0.05) is 5.23 Å². The summed E-state index contributed by atoms with van der Waals surface area (Å²) in [6.45, 7) is 1.03. The molecule has 2 N–H and O–H groups in total. The minimum atomic E-state index is -0.922. The highest BCUT2D eigenvalue weighted by molar-refractivity contribution is 5.89. The van der Waals surface area contributed by atoms with Gasteiger partial charge in [0.15, 0.2) is 0 Å². The Labute approximate surface area is 121 Å². The SMILES string of the molecule is O=C(C=Cc1cccn1CCOc1cccnc1)N(O)O. The maximum atomic E-state index is 11.0. The minimum absolute atomic E-state index is 0.446. The van der Waals surface area contributed by atoms with Gasteiger partial charge in [0.2, 0.25) is 0 Å². The van der Waals surface area contributed by atoms with Crippen molar-refractivity contribution in [3.63, 3.8) is 0 Å². The van der Waals surface area contributed by atoms with Gasteiger partial charge in [0.05, 0.1) is 12.7 Å². The number of hydrogen-bond donors (Lipinski definition) is 2. The zero-order valence-corrected chi connectivity index (χ0v) is 11.2. The second-order valence-electron chi connectivity index (χ2n) is 4.12. The lowest BCUT2D eigenvalue weighted by Crippen LogP contribution is -2.20. The summed E-state index contributed by atoms with van der Waals surface area (Å²) < 4.78 is 7.41. The van der Waals surface area contributed by atoms with Crippen molar-refractivity contribution >= 4 is 12.0 Å². The van der Waals surface area contributed by atoms with Crippen LogP contribution in [0.2, 0.25) is 0 Å². The molecule has 0 spiro atoms. The van der Waals surface area contributed by atoms with Crippen LogP contribution in [0.4, 0.5) is 0 Å². The fourth-order valence-corrected chi connectivity index (χ4v) is 1.70. The molecule has 2 aromatic heterocycles. The number of ether oxygens (including phenoxy) is 1. The predicted octanol–water partition coefficient (Wildman–Crippen LogP) is 1.58. The van der Waals surface area contributed by atoms with E-state index in [1.165, 1.54) is 6.08 Å². The van der Waals surface area contributed by atoms with Gasteiger partial charge in [0.25, 0.3) is 5.91 Å². The van der Waals surface area contributed by atoms with Crippen molar-refractivity contribution in [3.05, 3.63) is 54.6 Å². The largest absolute Gasteiger partial charge is 0.490 e. The van der Waals surface area contributed by atoms with Gasteiger partial charge in [0, 0.05) is 24.2 Å². The number of rotatable bonds is 6. The molecule has 0 bridgehead atoms. The molecule has 0 aliphatic rings. The molecule has 1 amide bonds. The molecule has 0 unspecified atom stereocenters. The van der Waals surface area contributed by atoms with Crippen LogP contribution in [0, 0.1) is 0 Å². The van der Waals surface area contributed by atoms with E-state index < -0.39 is 11.1 Å². The van der Waals surface area contributed by atoms with Gasteiger partial charge in [-0.2, -0.15) is 0 Å². The van der Waals surface area contributed by atoms with E-state index in [1.807, 2.05) is 22.9 Å². The first-order valence-electron chi connectivity index (χ1n) is 6.25. The van der Waals surface area contributed by atoms with E-state index in [2.05, 4.69) is 4.98 Å². The summed E-state index contributed by atoms with van der Waals surface area (Å²) in [7, 11) is 0. The van der Waals surface area contributed by atoms with Crippen LogP contribution in [-0.4, -0.2) is 37.7 Å². The Morgan fingerprint density at radius 1 is 1.38 bits per heavy atom. The molecule has 0 saturated carbocycles. The third-order valence-electron chi connectivity index (χ3n) is 2.69. The molecular formula is C14H15N3O4. The highest BCUT2D eigenvalue weighted by Crippen LogP contribution is 2.08. The molecule has 2 aromatic rings. The fraction of sp³-hybridized carbons (Fsp3) is 0.143. The molecule has 0 radical (unpaired) electrons. The third-order valence-corrected chi connectivity index (χ3v) is 2.69. The lowest BCUT2D eigenvalue weighted by Gasteiger charge is -2.08. The summed E-state index contributed by atoms with van der Waals surface area (Å²) in [5, 5.41) is 16.6. The highest BCUT2D eigenvalue weighted by Gasteiger charge is 2.03. The molecule has 0 fully saturated rings. The summed E-state index contributed by atoms with van der Waals surface area (Å²) >= 11 is 0. The standard InChI is InChI=1S/C14H15N3O4/c18-14(17(19)20)6-5-12-3-2-8-16(12)9-10-21-13-4-1-7-15-11-13/h1-8,11,19-20H,9-10H2. The number of hydrogen-bond acceptors (Lipinski definition) is 5. The van der Waals surface area contributed by atoms with Gasteiger partial charge >= 0.3 is 0 Å². The van der Waals surface area contributed by atoms with Crippen LogP contribution in [0.5, 0.6) is 5.75 Å². The summed E-state index contributed by atoms with van der Waals surface area (Å²) in [5.41, 5.74) is 0.750. The summed E-state index contributed by atoms with van der Waals surface area (Å²) in [5.74, 6) is -0.234. The average molecular weight is 289 g/mol. The molecule has 110 valence electrons. The van der Waals surface area contributed by atoms with Crippen LogP contribution < -0.4 is 4.74 Å². The van der Waals surface area contributed by atoms with Gasteiger partial charge in [-0.3, -0.25) is 20.2 Å². The molecule has 7 nitrogen and oxygen atoms in total. The van der Waals surface area contributed by atoms with E-state index in [0.717, 1.165) is 11.8 Å². The fourth-order valence-electron chi connectivity index (χ4n) is 1.70. The van der Waals surface area contributed by atoms with Crippen molar-refractivity contribution in [2.45, 2.75) is 6.54 Å². The van der Waals surface area contributed by atoms with E-state index in [1.54, 1.807) is 24.5 Å². The second kappa shape index (κ2) is 7.22. The van der Waals surface area contributed by atoms with Crippen LogP contribution in [0.3, 0.4) is 0 Å². The van der Waals surface area contributed by atoms with E-state index >= 15 is 0 Å². The van der Waals surface area contributed by atoms with Gasteiger partial charge in [-0.05, 0) is 30.3 Å². The molecule has 0 aliphatic heterocycles. The number of amides is 1. The van der Waals surface area contributed by atoms with Crippen molar-refractivity contribution < 1.29 is 19.9 Å². The van der Waals surface area contributed by atoms with Gasteiger partial charge in [0.1, 0.15) is 12.4 Å². The molecule has 7 heteroatoms. The predicted molar refractivity (Wildman–Crippen MR) is 73.6 cm³/mol. The van der Waals surface area contributed by atoms with E-state index in [-0.39, 0.29) is 0 Å². The van der Waals surface area contributed by atoms with Crippen molar-refractivity contribution in [2.75, 3.05) is 6.61 Å². The van der Waals surface area contributed by atoms with Crippen LogP contribution in [-0.2, 0) is 11.3 Å². The topological polar surface area (TPSA) is 87.8 Å². The second-order valence-corrected chi connectivity index (χ2v) is 4.12. The minimum Gasteiger partial charge on any atom is -0.490 e. The zero-order valence-electron chi connectivity index (χ0n) is 11.2. The maximum Gasteiger partial charge on any atom is 0.296 e. The van der Waals surface area contributed by atoms with Crippen LogP contribution in [0.15, 0.2) is 48.9 Å². The Bertz CT molecular complexity index is 608. The Hall–Kier alpha value is -2.64. The van der Waals surface area contributed by atoms with E-state index in [0.29, 0.717) is 18.9 Å². The third kappa shape index (κ3) is 4.44. The molecule has 2 heterocycles. The van der Waals surface area contributed by atoms with Crippen LogP contribution in [0.25, 0.3) is 6.08 Å². The smallest absolute Gasteiger partial charge is 0.296 e. The van der Waals surface area contributed by atoms with Gasteiger partial charge in [-0.25, -0.2) is 0 Å². The Morgan fingerprint density at radius 2 is 2.24 bits per heavy atom. The molecule has 21 heavy (non-hydrogen) atoms. The highest BCUT2D eigenvalue weighted by atomic mass is 16.8.